The summed E-state index contributed by atoms with van der Waals surface area (Å²) in [4.78, 5) is 16.3. The standard InChI is InChI=1S/C15H13N3O2/c1-10-12(6-4-8-17-10)15(19)18-14-11(9-16)5-3-7-13(14)20-2/h3-8H,1-2H3,(H,18,19). The second kappa shape index (κ2) is 5.85. The molecule has 1 N–H and O–H groups in total. The summed E-state index contributed by atoms with van der Waals surface area (Å²) in [5.41, 5.74) is 1.80. The minimum Gasteiger partial charge on any atom is -0.495 e. The van der Waals surface area contributed by atoms with Crippen molar-refractivity contribution in [2.75, 3.05) is 12.4 Å². The molecule has 1 aromatic heterocycles. The molecule has 1 heterocycles. The number of carbonyl (C=O) groups excluding carboxylic acids is 1. The number of nitrogens with one attached hydrogen (secondary N) is 1. The van der Waals surface area contributed by atoms with Crippen molar-refractivity contribution >= 4 is 11.6 Å². The molecule has 0 radical (unpaired) electrons. The number of amides is 1. The van der Waals surface area contributed by atoms with Gasteiger partial charge in [-0.15, -0.1) is 0 Å². The van der Waals surface area contributed by atoms with Crippen LogP contribution in [0.3, 0.4) is 0 Å². The number of ether oxygens (including phenoxy) is 1. The topological polar surface area (TPSA) is 75.0 Å². The van der Waals surface area contributed by atoms with Gasteiger partial charge in [0, 0.05) is 11.9 Å². The third-order valence-electron chi connectivity index (χ3n) is 2.86. The van der Waals surface area contributed by atoms with Gasteiger partial charge in [0.2, 0.25) is 0 Å². The number of para-hydroxylation sites is 1. The molecule has 0 fully saturated rings. The fourth-order valence-electron chi connectivity index (χ4n) is 1.83. The summed E-state index contributed by atoms with van der Waals surface area (Å²) in [6.45, 7) is 1.75. The van der Waals surface area contributed by atoms with E-state index >= 15 is 0 Å². The number of nitriles is 1. The molecule has 100 valence electrons. The molecule has 0 aliphatic rings. The SMILES string of the molecule is COc1cccc(C#N)c1NC(=O)c1cccnc1C. The largest absolute Gasteiger partial charge is 0.495 e. The summed E-state index contributed by atoms with van der Waals surface area (Å²) in [6, 6.07) is 10.4. The first kappa shape index (κ1) is 13.6. The van der Waals surface area contributed by atoms with Crippen LogP contribution in [-0.4, -0.2) is 18.0 Å². The number of hydrogen-bond donors (Lipinski definition) is 1. The number of anilines is 1. The Hall–Kier alpha value is -2.87. The number of nitrogens with zero attached hydrogens (tertiary/aromatic N) is 2. The van der Waals surface area contributed by atoms with E-state index in [1.54, 1.807) is 43.5 Å². The lowest BCUT2D eigenvalue weighted by Gasteiger charge is -2.12. The molecule has 1 aromatic carbocycles. The lowest BCUT2D eigenvalue weighted by molar-refractivity contribution is 0.102. The van der Waals surface area contributed by atoms with Gasteiger partial charge in [0.05, 0.1) is 18.2 Å². The average Bonchev–Trinajstić information content (AvgIpc) is 2.47. The van der Waals surface area contributed by atoms with Gasteiger partial charge in [-0.2, -0.15) is 5.26 Å². The Bertz CT molecular complexity index is 690. The van der Waals surface area contributed by atoms with Gasteiger partial charge in [0.1, 0.15) is 17.5 Å². The molecule has 2 rings (SSSR count). The van der Waals surface area contributed by atoms with Crippen LogP contribution in [0.5, 0.6) is 5.75 Å². The van der Waals surface area contributed by atoms with E-state index in [9.17, 15) is 4.79 Å². The Morgan fingerprint density at radius 1 is 1.35 bits per heavy atom. The second-order valence-corrected chi connectivity index (χ2v) is 4.09. The molecule has 5 nitrogen and oxygen atoms in total. The molecular formula is C15H13N3O2. The Balaban J connectivity index is 2.38. The Kier molecular flexibility index (Phi) is 3.96. The van der Waals surface area contributed by atoms with Gasteiger partial charge in [-0.3, -0.25) is 9.78 Å². The van der Waals surface area contributed by atoms with Crippen molar-refractivity contribution in [2.45, 2.75) is 6.92 Å². The molecule has 20 heavy (non-hydrogen) atoms. The van der Waals surface area contributed by atoms with E-state index < -0.39 is 0 Å². The maximum Gasteiger partial charge on any atom is 0.257 e. The summed E-state index contributed by atoms with van der Waals surface area (Å²) in [7, 11) is 1.49. The lowest BCUT2D eigenvalue weighted by Crippen LogP contribution is -2.15. The number of pyridine rings is 1. The first-order chi connectivity index (χ1) is 9.67. The van der Waals surface area contributed by atoms with Crippen LogP contribution in [0.25, 0.3) is 0 Å². The second-order valence-electron chi connectivity index (χ2n) is 4.09. The number of rotatable bonds is 3. The summed E-state index contributed by atoms with van der Waals surface area (Å²) in [5, 5.41) is 11.8. The highest BCUT2D eigenvalue weighted by atomic mass is 16.5. The van der Waals surface area contributed by atoms with Crippen LogP contribution >= 0.6 is 0 Å². The van der Waals surface area contributed by atoms with Crippen LogP contribution in [0.4, 0.5) is 5.69 Å². The van der Waals surface area contributed by atoms with E-state index in [0.717, 1.165) is 0 Å². The van der Waals surface area contributed by atoms with E-state index in [-0.39, 0.29) is 5.91 Å². The van der Waals surface area contributed by atoms with Gasteiger partial charge in [-0.1, -0.05) is 6.07 Å². The quantitative estimate of drug-likeness (QED) is 0.927. The molecule has 5 heteroatoms. The number of aryl methyl sites for hydroxylation is 1. The molecule has 0 aliphatic carbocycles. The number of hydrogen-bond acceptors (Lipinski definition) is 4. The van der Waals surface area contributed by atoms with Crippen molar-refractivity contribution in [3.63, 3.8) is 0 Å². The molecule has 0 saturated carbocycles. The molecule has 0 aliphatic heterocycles. The van der Waals surface area contributed by atoms with Crippen molar-refractivity contribution in [3.05, 3.63) is 53.3 Å². The van der Waals surface area contributed by atoms with Gasteiger partial charge in [0.25, 0.3) is 5.91 Å². The normalized spacial score (nSPS) is 9.65. The van der Waals surface area contributed by atoms with Crippen LogP contribution in [0, 0.1) is 18.3 Å². The Morgan fingerprint density at radius 2 is 2.15 bits per heavy atom. The van der Waals surface area contributed by atoms with Gasteiger partial charge in [-0.05, 0) is 31.2 Å². The zero-order chi connectivity index (χ0) is 14.5. The maximum absolute atomic E-state index is 12.3. The van der Waals surface area contributed by atoms with E-state index in [1.807, 2.05) is 6.07 Å². The number of carbonyl (C=O) groups is 1. The van der Waals surface area contributed by atoms with Crippen molar-refractivity contribution in [1.29, 1.82) is 5.26 Å². The van der Waals surface area contributed by atoms with Crippen molar-refractivity contribution in [1.82, 2.24) is 4.98 Å². The van der Waals surface area contributed by atoms with E-state index in [4.69, 9.17) is 10.00 Å². The lowest BCUT2D eigenvalue weighted by atomic mass is 10.1. The smallest absolute Gasteiger partial charge is 0.257 e. The first-order valence-electron chi connectivity index (χ1n) is 5.97. The highest BCUT2D eigenvalue weighted by Gasteiger charge is 2.15. The zero-order valence-corrected chi connectivity index (χ0v) is 11.2. The molecular weight excluding hydrogens is 254 g/mol. The minimum atomic E-state index is -0.323. The van der Waals surface area contributed by atoms with Crippen molar-refractivity contribution in [3.8, 4) is 11.8 Å². The summed E-state index contributed by atoms with van der Waals surface area (Å²) < 4.78 is 5.17. The van der Waals surface area contributed by atoms with E-state index in [1.165, 1.54) is 7.11 Å². The Labute approximate surface area is 116 Å². The van der Waals surface area contributed by atoms with Crippen LogP contribution in [0.1, 0.15) is 21.6 Å². The van der Waals surface area contributed by atoms with Crippen LogP contribution in [0.15, 0.2) is 36.5 Å². The fourth-order valence-corrected chi connectivity index (χ4v) is 1.83. The zero-order valence-electron chi connectivity index (χ0n) is 11.2. The molecule has 0 unspecified atom stereocenters. The number of aromatic nitrogens is 1. The summed E-state index contributed by atoms with van der Waals surface area (Å²) >= 11 is 0. The molecule has 2 aromatic rings. The van der Waals surface area contributed by atoms with Gasteiger partial charge in [-0.25, -0.2) is 0 Å². The third kappa shape index (κ3) is 2.59. The number of benzene rings is 1. The monoisotopic (exact) mass is 267 g/mol. The van der Waals surface area contributed by atoms with Crippen LogP contribution in [-0.2, 0) is 0 Å². The summed E-state index contributed by atoms with van der Waals surface area (Å²) in [5.74, 6) is 0.121. The molecule has 0 atom stereocenters. The minimum absolute atomic E-state index is 0.323. The Morgan fingerprint density at radius 3 is 2.80 bits per heavy atom. The third-order valence-corrected chi connectivity index (χ3v) is 2.86. The van der Waals surface area contributed by atoms with Crippen LogP contribution < -0.4 is 10.1 Å². The molecule has 1 amide bonds. The predicted octanol–water partition coefficient (Wildman–Crippen LogP) is 2.52. The van der Waals surface area contributed by atoms with E-state index in [0.29, 0.717) is 28.3 Å². The van der Waals surface area contributed by atoms with Crippen molar-refractivity contribution < 1.29 is 9.53 Å². The average molecular weight is 267 g/mol. The number of methoxy groups -OCH3 is 1. The van der Waals surface area contributed by atoms with Gasteiger partial charge < -0.3 is 10.1 Å². The molecule has 0 spiro atoms. The van der Waals surface area contributed by atoms with Gasteiger partial charge in [0.15, 0.2) is 0 Å². The first-order valence-corrected chi connectivity index (χ1v) is 5.97. The van der Waals surface area contributed by atoms with Crippen LogP contribution in [0.2, 0.25) is 0 Å². The van der Waals surface area contributed by atoms with Gasteiger partial charge >= 0.3 is 0 Å². The molecule has 0 bridgehead atoms. The summed E-state index contributed by atoms with van der Waals surface area (Å²) in [6.07, 6.45) is 1.62. The highest BCUT2D eigenvalue weighted by molar-refractivity contribution is 6.06. The predicted molar refractivity (Wildman–Crippen MR) is 74.6 cm³/mol. The van der Waals surface area contributed by atoms with Crippen molar-refractivity contribution in [2.24, 2.45) is 0 Å². The van der Waals surface area contributed by atoms with E-state index in [2.05, 4.69) is 10.3 Å². The molecule has 0 saturated heterocycles. The fraction of sp³-hybridized carbons (Fsp3) is 0.133. The maximum atomic E-state index is 12.3. The highest BCUT2D eigenvalue weighted by Crippen LogP contribution is 2.28.